The number of aliphatic hydroxyl groups excluding tert-OH is 1. The van der Waals surface area contributed by atoms with Crippen LogP contribution < -0.4 is 0 Å². The summed E-state index contributed by atoms with van der Waals surface area (Å²) in [7, 11) is 0. The van der Waals surface area contributed by atoms with Crippen LogP contribution in [0.4, 0.5) is 0 Å². The number of rotatable bonds is 4. The van der Waals surface area contributed by atoms with Crippen molar-refractivity contribution in [3.05, 3.63) is 53.6 Å². The molecule has 0 aliphatic heterocycles. The minimum Gasteiger partial charge on any atom is -0.393 e. The van der Waals surface area contributed by atoms with E-state index in [1.165, 1.54) is 23.7 Å². The SMILES string of the molecule is OC1CCC(n2ccc3cc(-c4ccn5c(CC6CC6)nnc5c4Cl)ccc32)CC1. The molecule has 0 radical (unpaired) electrons. The standard InChI is InChI=1S/C24H25ClN4O/c25-23-20(10-12-29-22(13-15-1-2-15)26-27-24(23)29)16-3-8-21-17(14-16)9-11-28(21)18-4-6-19(30)7-5-18/h3,8-12,14-15,18-19,30H,1-2,4-7,13H2. The summed E-state index contributed by atoms with van der Waals surface area (Å²) >= 11 is 6.78. The van der Waals surface area contributed by atoms with Crippen LogP contribution in [0.25, 0.3) is 27.7 Å². The molecule has 0 atom stereocenters. The molecule has 2 fully saturated rings. The fourth-order valence-corrected chi connectivity index (χ4v) is 5.20. The lowest BCUT2D eigenvalue weighted by Gasteiger charge is -2.27. The van der Waals surface area contributed by atoms with Gasteiger partial charge in [-0.05, 0) is 74.3 Å². The first-order valence-electron chi connectivity index (χ1n) is 11.0. The molecule has 2 aliphatic carbocycles. The zero-order valence-electron chi connectivity index (χ0n) is 16.8. The predicted molar refractivity (Wildman–Crippen MR) is 119 cm³/mol. The van der Waals surface area contributed by atoms with E-state index in [1.54, 1.807) is 0 Å². The van der Waals surface area contributed by atoms with Gasteiger partial charge < -0.3 is 9.67 Å². The molecule has 2 saturated carbocycles. The molecule has 0 unspecified atom stereocenters. The lowest BCUT2D eigenvalue weighted by Crippen LogP contribution is -2.20. The fraction of sp³-hybridized carbons (Fsp3) is 0.417. The van der Waals surface area contributed by atoms with Gasteiger partial charge in [0.05, 0.1) is 11.1 Å². The molecule has 5 nitrogen and oxygen atoms in total. The molecule has 2 aliphatic rings. The monoisotopic (exact) mass is 420 g/mol. The summed E-state index contributed by atoms with van der Waals surface area (Å²) in [6.07, 6.45) is 11.5. The van der Waals surface area contributed by atoms with Crippen LogP contribution in [0.3, 0.4) is 0 Å². The number of pyridine rings is 1. The number of hydrogen-bond acceptors (Lipinski definition) is 3. The van der Waals surface area contributed by atoms with Crippen LogP contribution in [0.15, 0.2) is 42.7 Å². The maximum absolute atomic E-state index is 9.82. The summed E-state index contributed by atoms with van der Waals surface area (Å²) in [4.78, 5) is 0. The van der Waals surface area contributed by atoms with Crippen LogP contribution in [0, 0.1) is 5.92 Å². The van der Waals surface area contributed by atoms with Gasteiger partial charge in [0.1, 0.15) is 5.82 Å². The topological polar surface area (TPSA) is 55.4 Å². The van der Waals surface area contributed by atoms with E-state index in [4.69, 9.17) is 11.6 Å². The van der Waals surface area contributed by atoms with Crippen molar-refractivity contribution in [2.75, 3.05) is 0 Å². The van der Waals surface area contributed by atoms with Crippen LogP contribution in [0.5, 0.6) is 0 Å². The summed E-state index contributed by atoms with van der Waals surface area (Å²) in [5.74, 6) is 1.76. The zero-order valence-corrected chi connectivity index (χ0v) is 17.6. The van der Waals surface area contributed by atoms with Crippen molar-refractivity contribution >= 4 is 28.2 Å². The highest BCUT2D eigenvalue weighted by Crippen LogP contribution is 2.37. The Bertz CT molecular complexity index is 1230. The Hall–Kier alpha value is -2.37. The highest BCUT2D eigenvalue weighted by atomic mass is 35.5. The Labute approximate surface area is 180 Å². The van der Waals surface area contributed by atoms with E-state index >= 15 is 0 Å². The molecular weight excluding hydrogens is 396 g/mol. The van der Waals surface area contributed by atoms with E-state index in [0.29, 0.717) is 11.1 Å². The normalized spacial score (nSPS) is 22.2. The van der Waals surface area contributed by atoms with Gasteiger partial charge in [0.2, 0.25) is 0 Å². The molecule has 3 aromatic heterocycles. The Balaban J connectivity index is 1.35. The van der Waals surface area contributed by atoms with E-state index in [1.807, 2.05) is 4.40 Å². The van der Waals surface area contributed by atoms with Crippen molar-refractivity contribution in [3.63, 3.8) is 0 Å². The van der Waals surface area contributed by atoms with Gasteiger partial charge in [-0.25, -0.2) is 0 Å². The van der Waals surface area contributed by atoms with E-state index in [2.05, 4.69) is 57.5 Å². The van der Waals surface area contributed by atoms with Crippen molar-refractivity contribution in [2.45, 2.75) is 57.1 Å². The second kappa shape index (κ2) is 7.10. The third kappa shape index (κ3) is 3.12. The zero-order chi connectivity index (χ0) is 20.2. The minimum atomic E-state index is -0.131. The molecular formula is C24H25ClN4O. The van der Waals surface area contributed by atoms with Gasteiger partial charge in [-0.3, -0.25) is 4.40 Å². The van der Waals surface area contributed by atoms with Gasteiger partial charge in [0.15, 0.2) is 5.65 Å². The Morgan fingerprint density at radius 1 is 0.967 bits per heavy atom. The second-order valence-electron chi connectivity index (χ2n) is 8.96. The molecule has 0 bridgehead atoms. The third-order valence-corrected chi connectivity index (χ3v) is 7.22. The molecule has 3 heterocycles. The predicted octanol–water partition coefficient (Wildman–Crippen LogP) is 5.43. The lowest BCUT2D eigenvalue weighted by molar-refractivity contribution is 0.111. The van der Waals surface area contributed by atoms with Gasteiger partial charge in [0, 0.05) is 41.3 Å². The van der Waals surface area contributed by atoms with Crippen molar-refractivity contribution < 1.29 is 5.11 Å². The average molecular weight is 421 g/mol. The molecule has 154 valence electrons. The lowest BCUT2D eigenvalue weighted by atomic mass is 9.93. The van der Waals surface area contributed by atoms with Crippen molar-refractivity contribution in [1.82, 2.24) is 19.2 Å². The molecule has 0 spiro atoms. The number of fused-ring (bicyclic) bond motifs is 2. The highest BCUT2D eigenvalue weighted by Gasteiger charge is 2.25. The van der Waals surface area contributed by atoms with Crippen LogP contribution >= 0.6 is 11.6 Å². The van der Waals surface area contributed by atoms with Gasteiger partial charge in [-0.1, -0.05) is 17.7 Å². The average Bonchev–Trinajstić information content (AvgIpc) is 3.33. The van der Waals surface area contributed by atoms with E-state index in [0.717, 1.165) is 60.6 Å². The molecule has 1 aromatic carbocycles. The molecule has 0 saturated heterocycles. The van der Waals surface area contributed by atoms with Crippen LogP contribution in [0.1, 0.15) is 50.4 Å². The first kappa shape index (κ1) is 18.4. The van der Waals surface area contributed by atoms with Crippen LogP contribution in [0.2, 0.25) is 5.02 Å². The van der Waals surface area contributed by atoms with E-state index in [9.17, 15) is 5.11 Å². The maximum Gasteiger partial charge on any atom is 0.180 e. The molecule has 1 N–H and O–H groups in total. The van der Waals surface area contributed by atoms with Crippen molar-refractivity contribution in [3.8, 4) is 11.1 Å². The van der Waals surface area contributed by atoms with Crippen LogP contribution in [-0.4, -0.2) is 30.4 Å². The Morgan fingerprint density at radius 3 is 2.60 bits per heavy atom. The number of halogens is 1. The Kier molecular flexibility index (Phi) is 4.36. The fourth-order valence-electron chi connectivity index (χ4n) is 4.90. The summed E-state index contributed by atoms with van der Waals surface area (Å²) in [6, 6.07) is 11.3. The van der Waals surface area contributed by atoms with Crippen molar-refractivity contribution in [2.24, 2.45) is 5.92 Å². The molecule has 4 aromatic rings. The van der Waals surface area contributed by atoms with Gasteiger partial charge >= 0.3 is 0 Å². The number of benzene rings is 1. The molecule has 6 heteroatoms. The van der Waals surface area contributed by atoms with Crippen LogP contribution in [-0.2, 0) is 6.42 Å². The first-order chi connectivity index (χ1) is 14.7. The smallest absolute Gasteiger partial charge is 0.180 e. The molecule has 6 rings (SSSR count). The number of aliphatic hydroxyl groups is 1. The van der Waals surface area contributed by atoms with Gasteiger partial charge in [-0.15, -0.1) is 10.2 Å². The summed E-state index contributed by atoms with van der Waals surface area (Å²) in [6.45, 7) is 0. The number of aromatic nitrogens is 4. The minimum absolute atomic E-state index is 0.131. The summed E-state index contributed by atoms with van der Waals surface area (Å²) in [5, 5.41) is 20.5. The van der Waals surface area contributed by atoms with E-state index < -0.39 is 0 Å². The maximum atomic E-state index is 9.82. The number of nitrogens with zero attached hydrogens (tertiary/aromatic N) is 4. The largest absolute Gasteiger partial charge is 0.393 e. The number of hydrogen-bond donors (Lipinski definition) is 1. The molecule has 0 amide bonds. The first-order valence-corrected chi connectivity index (χ1v) is 11.4. The molecule has 30 heavy (non-hydrogen) atoms. The summed E-state index contributed by atoms with van der Waals surface area (Å²) in [5.41, 5.74) is 4.07. The highest BCUT2D eigenvalue weighted by molar-refractivity contribution is 6.36. The Morgan fingerprint density at radius 2 is 1.80 bits per heavy atom. The quantitative estimate of drug-likeness (QED) is 0.478. The van der Waals surface area contributed by atoms with Gasteiger partial charge in [0.25, 0.3) is 0 Å². The van der Waals surface area contributed by atoms with E-state index in [-0.39, 0.29) is 6.10 Å². The third-order valence-electron chi connectivity index (χ3n) is 6.85. The summed E-state index contributed by atoms with van der Waals surface area (Å²) < 4.78 is 4.41. The second-order valence-corrected chi connectivity index (χ2v) is 9.34. The van der Waals surface area contributed by atoms with Crippen molar-refractivity contribution in [1.29, 1.82) is 0 Å². The van der Waals surface area contributed by atoms with Gasteiger partial charge in [-0.2, -0.15) is 0 Å².